The largest absolute Gasteiger partial charge is 0.380 e. The van der Waals surface area contributed by atoms with Gasteiger partial charge in [-0.2, -0.15) is 0 Å². The third kappa shape index (κ3) is 4.33. The van der Waals surface area contributed by atoms with E-state index >= 15 is 0 Å². The summed E-state index contributed by atoms with van der Waals surface area (Å²) in [5.41, 5.74) is 1.47. The van der Waals surface area contributed by atoms with Gasteiger partial charge in [0.1, 0.15) is 0 Å². The Labute approximate surface area is 171 Å². The summed E-state index contributed by atoms with van der Waals surface area (Å²) >= 11 is 6.37. The van der Waals surface area contributed by atoms with Gasteiger partial charge in [0.2, 0.25) is 5.91 Å². The number of nitrogens with one attached hydrogen (secondary N) is 2. The average molecular weight is 413 g/mol. The van der Waals surface area contributed by atoms with Crippen LogP contribution in [0.25, 0.3) is 0 Å². The zero-order valence-corrected chi connectivity index (χ0v) is 16.8. The number of nitrogens with zero attached hydrogens (tertiary/aromatic N) is 2. The maximum atomic E-state index is 12.8. The van der Waals surface area contributed by atoms with Crippen molar-refractivity contribution in [3.8, 4) is 0 Å². The first-order chi connectivity index (χ1) is 12.6. The number of halogens is 2. The molecule has 1 aliphatic carbocycles. The first-order valence-corrected chi connectivity index (χ1v) is 9.84. The van der Waals surface area contributed by atoms with E-state index in [4.69, 9.17) is 11.6 Å². The van der Waals surface area contributed by atoms with E-state index in [-0.39, 0.29) is 30.1 Å². The van der Waals surface area contributed by atoms with Gasteiger partial charge in [-0.25, -0.2) is 0 Å². The maximum Gasteiger partial charge on any atom is 0.255 e. The summed E-state index contributed by atoms with van der Waals surface area (Å²) in [5.74, 6) is 0.433. The van der Waals surface area contributed by atoms with Crippen molar-refractivity contribution < 1.29 is 9.59 Å². The summed E-state index contributed by atoms with van der Waals surface area (Å²) in [4.78, 5) is 28.8. The van der Waals surface area contributed by atoms with Crippen molar-refractivity contribution in [2.45, 2.75) is 25.3 Å². The maximum absolute atomic E-state index is 12.8. The predicted molar refractivity (Wildman–Crippen MR) is 109 cm³/mol. The van der Waals surface area contributed by atoms with Crippen molar-refractivity contribution in [3.05, 3.63) is 28.8 Å². The van der Waals surface area contributed by atoms with Crippen molar-refractivity contribution in [2.75, 3.05) is 44.6 Å². The quantitative estimate of drug-likeness (QED) is 0.795. The lowest BCUT2D eigenvalue weighted by molar-refractivity contribution is -0.139. The number of hydrogen-bond donors (Lipinski definition) is 2. The second-order valence-electron chi connectivity index (χ2n) is 7.44. The summed E-state index contributed by atoms with van der Waals surface area (Å²) in [7, 11) is 0. The highest BCUT2D eigenvalue weighted by atomic mass is 35.5. The molecule has 0 bridgehead atoms. The number of benzene rings is 1. The van der Waals surface area contributed by atoms with Crippen LogP contribution in [0.5, 0.6) is 0 Å². The molecule has 0 atom stereocenters. The summed E-state index contributed by atoms with van der Waals surface area (Å²) in [6.45, 7) is 4.27. The fraction of sp³-hybridized carbons (Fsp3) is 0.579. The van der Waals surface area contributed by atoms with E-state index in [0.717, 1.165) is 38.0 Å². The molecule has 2 N–H and O–H groups in total. The Morgan fingerprint density at radius 1 is 1.07 bits per heavy atom. The molecule has 2 amide bonds. The van der Waals surface area contributed by atoms with E-state index in [1.54, 1.807) is 11.0 Å². The highest BCUT2D eigenvalue weighted by Crippen LogP contribution is 2.29. The number of carbonyl (C=O) groups is 2. The molecule has 2 heterocycles. The Hall–Kier alpha value is -1.50. The van der Waals surface area contributed by atoms with E-state index in [9.17, 15) is 9.59 Å². The lowest BCUT2D eigenvalue weighted by atomic mass is 9.84. The Balaban J connectivity index is 0.00000210. The molecular weight excluding hydrogens is 387 g/mol. The fourth-order valence-corrected chi connectivity index (χ4v) is 3.88. The van der Waals surface area contributed by atoms with E-state index < -0.39 is 0 Å². The van der Waals surface area contributed by atoms with Crippen LogP contribution in [-0.4, -0.2) is 66.9 Å². The zero-order valence-electron chi connectivity index (χ0n) is 15.2. The lowest BCUT2D eigenvalue weighted by Crippen LogP contribution is -2.52. The average Bonchev–Trinajstić information content (AvgIpc) is 2.56. The van der Waals surface area contributed by atoms with Crippen LogP contribution < -0.4 is 10.6 Å². The minimum absolute atomic E-state index is 0. The number of carbonyl (C=O) groups excluding carboxylic acids is 2. The van der Waals surface area contributed by atoms with Crippen LogP contribution >= 0.6 is 24.0 Å². The Bertz CT molecular complexity index is 699. The van der Waals surface area contributed by atoms with Crippen LogP contribution in [0.4, 0.5) is 5.69 Å². The van der Waals surface area contributed by atoms with Gasteiger partial charge < -0.3 is 20.4 Å². The van der Waals surface area contributed by atoms with Gasteiger partial charge >= 0.3 is 0 Å². The molecule has 2 aliphatic heterocycles. The summed E-state index contributed by atoms with van der Waals surface area (Å²) < 4.78 is 0. The van der Waals surface area contributed by atoms with Crippen LogP contribution in [0.15, 0.2) is 18.2 Å². The Kier molecular flexibility index (Phi) is 6.50. The third-order valence-electron chi connectivity index (χ3n) is 5.68. The monoisotopic (exact) mass is 412 g/mol. The van der Waals surface area contributed by atoms with Crippen LogP contribution in [0.1, 0.15) is 29.6 Å². The van der Waals surface area contributed by atoms with Gasteiger partial charge in [0.15, 0.2) is 0 Å². The molecule has 0 aromatic heterocycles. The van der Waals surface area contributed by atoms with Crippen molar-refractivity contribution >= 4 is 41.5 Å². The van der Waals surface area contributed by atoms with Crippen LogP contribution in [0, 0.1) is 5.92 Å². The van der Waals surface area contributed by atoms with E-state index in [2.05, 4.69) is 10.6 Å². The molecule has 0 unspecified atom stereocenters. The molecule has 0 radical (unpaired) electrons. The van der Waals surface area contributed by atoms with Crippen molar-refractivity contribution in [1.82, 2.24) is 15.1 Å². The number of hydrogen-bond acceptors (Lipinski definition) is 4. The van der Waals surface area contributed by atoms with E-state index in [1.165, 1.54) is 0 Å². The van der Waals surface area contributed by atoms with E-state index in [0.29, 0.717) is 42.8 Å². The van der Waals surface area contributed by atoms with Gasteiger partial charge in [-0.3, -0.25) is 9.59 Å². The van der Waals surface area contributed by atoms with Gasteiger partial charge in [-0.05, 0) is 31.0 Å². The molecule has 1 aromatic rings. The highest BCUT2D eigenvalue weighted by molar-refractivity contribution is 6.34. The predicted octanol–water partition coefficient (Wildman–Crippen LogP) is 2.23. The second kappa shape index (κ2) is 8.67. The third-order valence-corrected chi connectivity index (χ3v) is 6.00. The number of rotatable bonds is 4. The number of piperazine rings is 1. The fourth-order valence-electron chi connectivity index (χ4n) is 3.62. The second-order valence-corrected chi connectivity index (χ2v) is 7.85. The smallest absolute Gasteiger partial charge is 0.255 e. The SMILES string of the molecule is Cl.O=C(c1ccc(NC2CNC2)cc1Cl)N1CCN(C(=O)C2CCC2)CC1. The molecule has 148 valence electrons. The summed E-state index contributed by atoms with van der Waals surface area (Å²) in [5, 5.41) is 7.07. The van der Waals surface area contributed by atoms with Gasteiger partial charge in [-0.1, -0.05) is 18.0 Å². The summed E-state index contributed by atoms with van der Waals surface area (Å²) in [6, 6.07) is 5.95. The van der Waals surface area contributed by atoms with Gasteiger partial charge in [-0.15, -0.1) is 12.4 Å². The Morgan fingerprint density at radius 2 is 1.74 bits per heavy atom. The standard InChI is InChI=1S/C19H25ClN4O2.ClH/c20-17-10-14(22-15-11-21-12-15)4-5-16(17)19(26)24-8-6-23(7-9-24)18(25)13-2-1-3-13;/h4-5,10,13,15,21-22H,1-3,6-9,11-12H2;1H. The van der Waals surface area contributed by atoms with Crippen LogP contribution in [-0.2, 0) is 4.79 Å². The van der Waals surface area contributed by atoms with Crippen LogP contribution in [0.2, 0.25) is 5.02 Å². The highest BCUT2D eigenvalue weighted by Gasteiger charge is 2.32. The summed E-state index contributed by atoms with van der Waals surface area (Å²) in [6.07, 6.45) is 3.20. The molecule has 1 saturated carbocycles. The number of anilines is 1. The normalized spacial score (nSPS) is 20.3. The van der Waals surface area contributed by atoms with E-state index in [1.807, 2.05) is 17.0 Å². The number of amides is 2. The lowest BCUT2D eigenvalue weighted by Gasteiger charge is -2.38. The minimum Gasteiger partial charge on any atom is -0.380 e. The van der Waals surface area contributed by atoms with Crippen LogP contribution in [0.3, 0.4) is 0 Å². The van der Waals surface area contributed by atoms with Crippen molar-refractivity contribution in [2.24, 2.45) is 5.92 Å². The molecule has 0 spiro atoms. The minimum atomic E-state index is -0.0531. The first kappa shape index (κ1) is 20.2. The molecule has 3 aliphatic rings. The zero-order chi connectivity index (χ0) is 18.1. The molecular formula is C19H26Cl2N4O2. The van der Waals surface area contributed by atoms with Gasteiger partial charge in [0.05, 0.1) is 16.6 Å². The molecule has 2 saturated heterocycles. The van der Waals surface area contributed by atoms with Crippen molar-refractivity contribution in [1.29, 1.82) is 0 Å². The van der Waals surface area contributed by atoms with Gasteiger partial charge in [0.25, 0.3) is 5.91 Å². The molecule has 6 nitrogen and oxygen atoms in total. The molecule has 1 aromatic carbocycles. The van der Waals surface area contributed by atoms with Gasteiger partial charge in [0, 0.05) is 50.9 Å². The molecule has 27 heavy (non-hydrogen) atoms. The molecule has 4 rings (SSSR count). The topological polar surface area (TPSA) is 64.7 Å². The molecule has 8 heteroatoms. The van der Waals surface area contributed by atoms with Crippen molar-refractivity contribution in [3.63, 3.8) is 0 Å². The Morgan fingerprint density at radius 3 is 2.26 bits per heavy atom. The first-order valence-electron chi connectivity index (χ1n) is 9.46. The molecule has 3 fully saturated rings.